The van der Waals surface area contributed by atoms with Crippen molar-refractivity contribution in [2.45, 2.75) is 31.2 Å². The number of benzene rings is 1. The van der Waals surface area contributed by atoms with Crippen LogP contribution in [0, 0.1) is 5.82 Å². The van der Waals surface area contributed by atoms with E-state index in [4.69, 9.17) is 0 Å². The Kier molecular flexibility index (Phi) is 6.53. The molecule has 9 heteroatoms. The maximum Gasteiger partial charge on any atom is 0.261 e. The molecule has 7 nitrogen and oxygen atoms in total. The Bertz CT molecular complexity index is 1160. The third-order valence-corrected chi connectivity index (χ3v) is 7.76. The molecule has 0 saturated carbocycles. The van der Waals surface area contributed by atoms with Gasteiger partial charge in [-0.2, -0.15) is 5.10 Å². The zero-order valence-electron chi connectivity index (χ0n) is 18.7. The van der Waals surface area contributed by atoms with Gasteiger partial charge in [-0.15, -0.1) is 16.4 Å². The number of piperidine rings is 1. The lowest BCUT2D eigenvalue weighted by atomic mass is 9.95. The molecule has 2 aromatic heterocycles. The molecule has 1 N–H and O–H groups in total. The van der Waals surface area contributed by atoms with Crippen molar-refractivity contribution < 1.29 is 14.0 Å². The highest BCUT2D eigenvalue weighted by molar-refractivity contribution is 7.14. The van der Waals surface area contributed by atoms with Gasteiger partial charge in [0, 0.05) is 48.9 Å². The summed E-state index contributed by atoms with van der Waals surface area (Å²) in [5.41, 5.74) is 0.387. The predicted octanol–water partition coefficient (Wildman–Crippen LogP) is 3.71. The zero-order valence-corrected chi connectivity index (χ0v) is 19.5. The second-order valence-corrected chi connectivity index (χ2v) is 9.88. The lowest BCUT2D eigenvalue weighted by Crippen LogP contribution is -2.37. The summed E-state index contributed by atoms with van der Waals surface area (Å²) < 4.78 is 13.5. The molecular formula is C25H26FN5O2S. The molecule has 0 spiro atoms. The highest BCUT2D eigenvalue weighted by atomic mass is 32.1. The monoisotopic (exact) mass is 479 g/mol. The Morgan fingerprint density at radius 2 is 1.88 bits per heavy atom. The molecule has 4 heterocycles. The van der Waals surface area contributed by atoms with Crippen molar-refractivity contribution in [2.75, 3.05) is 31.1 Å². The number of likely N-dealkylation sites (tertiary alicyclic amines) is 1. The van der Waals surface area contributed by atoms with Gasteiger partial charge in [-0.05, 0) is 67.6 Å². The average molecular weight is 480 g/mol. The second kappa shape index (κ2) is 9.89. The number of hydrogen-bond donors (Lipinski definition) is 1. The SMILES string of the molecule is O=C(NC1CCN(c2cccnn2)C1)c1ccc(C2CCN(C(=O)c3cccc(F)c3)CC2)s1. The number of aromatic nitrogens is 2. The number of carbonyl (C=O) groups excluding carboxylic acids is 2. The van der Waals surface area contributed by atoms with Crippen LogP contribution < -0.4 is 10.2 Å². The van der Waals surface area contributed by atoms with Gasteiger partial charge in [0.15, 0.2) is 5.82 Å². The van der Waals surface area contributed by atoms with Crippen molar-refractivity contribution in [3.05, 3.63) is 75.9 Å². The molecule has 5 rings (SSSR count). The van der Waals surface area contributed by atoms with Gasteiger partial charge in [0.2, 0.25) is 0 Å². The third-order valence-electron chi connectivity index (χ3n) is 6.51. The first-order valence-electron chi connectivity index (χ1n) is 11.5. The van der Waals surface area contributed by atoms with Crippen molar-refractivity contribution in [3.63, 3.8) is 0 Å². The van der Waals surface area contributed by atoms with E-state index in [1.807, 2.05) is 24.3 Å². The van der Waals surface area contributed by atoms with Crippen molar-refractivity contribution in [1.29, 1.82) is 0 Å². The van der Waals surface area contributed by atoms with Crippen LogP contribution in [0.5, 0.6) is 0 Å². The molecule has 176 valence electrons. The minimum atomic E-state index is -0.399. The zero-order chi connectivity index (χ0) is 23.5. The number of amides is 2. The summed E-state index contributed by atoms with van der Waals surface area (Å²) in [6.07, 6.45) is 4.19. The van der Waals surface area contributed by atoms with Crippen LogP contribution in [0.4, 0.5) is 10.2 Å². The summed E-state index contributed by atoms with van der Waals surface area (Å²) in [6.45, 7) is 2.81. The van der Waals surface area contributed by atoms with Gasteiger partial charge >= 0.3 is 0 Å². The minimum absolute atomic E-state index is 0.0408. The van der Waals surface area contributed by atoms with Gasteiger partial charge in [0.1, 0.15) is 5.82 Å². The van der Waals surface area contributed by atoms with Crippen LogP contribution in [0.3, 0.4) is 0 Å². The summed E-state index contributed by atoms with van der Waals surface area (Å²) in [7, 11) is 0. The van der Waals surface area contributed by atoms with E-state index in [2.05, 4.69) is 20.4 Å². The van der Waals surface area contributed by atoms with E-state index in [1.54, 1.807) is 23.2 Å². The van der Waals surface area contributed by atoms with Gasteiger partial charge in [-0.25, -0.2) is 4.39 Å². The van der Waals surface area contributed by atoms with Crippen LogP contribution in [0.25, 0.3) is 0 Å². The van der Waals surface area contributed by atoms with E-state index in [0.717, 1.165) is 38.2 Å². The fourth-order valence-electron chi connectivity index (χ4n) is 4.67. The average Bonchev–Trinajstić information content (AvgIpc) is 3.55. The number of hydrogen-bond acceptors (Lipinski definition) is 6. The van der Waals surface area contributed by atoms with E-state index in [9.17, 15) is 14.0 Å². The number of halogens is 1. The summed E-state index contributed by atoms with van der Waals surface area (Å²) >= 11 is 1.53. The first-order valence-corrected chi connectivity index (χ1v) is 12.4. The maximum absolute atomic E-state index is 13.5. The topological polar surface area (TPSA) is 78.4 Å². The molecule has 2 aliphatic rings. The number of carbonyl (C=O) groups is 2. The normalized spacial score (nSPS) is 18.8. The molecule has 0 bridgehead atoms. The Labute approximate surface area is 201 Å². The largest absolute Gasteiger partial charge is 0.353 e. The lowest BCUT2D eigenvalue weighted by Gasteiger charge is -2.31. The van der Waals surface area contributed by atoms with Crippen molar-refractivity contribution in [2.24, 2.45) is 0 Å². The van der Waals surface area contributed by atoms with E-state index < -0.39 is 5.82 Å². The van der Waals surface area contributed by atoms with Crippen LogP contribution in [0.2, 0.25) is 0 Å². The smallest absolute Gasteiger partial charge is 0.261 e. The van der Waals surface area contributed by atoms with E-state index >= 15 is 0 Å². The Morgan fingerprint density at radius 1 is 1.03 bits per heavy atom. The Hall–Kier alpha value is -3.33. The van der Waals surface area contributed by atoms with Crippen LogP contribution in [-0.2, 0) is 0 Å². The Balaban J connectivity index is 1.13. The fourth-order valence-corrected chi connectivity index (χ4v) is 5.75. The highest BCUT2D eigenvalue weighted by Crippen LogP contribution is 2.33. The summed E-state index contributed by atoms with van der Waals surface area (Å²) in [5, 5.41) is 11.2. The van der Waals surface area contributed by atoms with E-state index in [-0.39, 0.29) is 17.9 Å². The van der Waals surface area contributed by atoms with E-state index in [0.29, 0.717) is 29.4 Å². The molecule has 3 aromatic rings. The molecule has 0 aliphatic carbocycles. The van der Waals surface area contributed by atoms with E-state index in [1.165, 1.54) is 28.3 Å². The van der Waals surface area contributed by atoms with Gasteiger partial charge in [-0.3, -0.25) is 9.59 Å². The van der Waals surface area contributed by atoms with Gasteiger partial charge in [-0.1, -0.05) is 6.07 Å². The lowest BCUT2D eigenvalue weighted by molar-refractivity contribution is 0.0713. The van der Waals surface area contributed by atoms with Crippen molar-refractivity contribution in [1.82, 2.24) is 20.4 Å². The molecule has 2 aliphatic heterocycles. The minimum Gasteiger partial charge on any atom is -0.353 e. The van der Waals surface area contributed by atoms with Gasteiger partial charge < -0.3 is 15.1 Å². The van der Waals surface area contributed by atoms with Gasteiger partial charge in [0.25, 0.3) is 11.8 Å². The molecule has 0 radical (unpaired) electrons. The first-order chi connectivity index (χ1) is 16.6. The molecule has 2 amide bonds. The summed E-state index contributed by atoms with van der Waals surface area (Å²) in [6, 6.07) is 13.7. The number of rotatable bonds is 5. The van der Waals surface area contributed by atoms with Crippen molar-refractivity contribution in [3.8, 4) is 0 Å². The van der Waals surface area contributed by atoms with Crippen molar-refractivity contribution >= 4 is 29.0 Å². The number of nitrogens with one attached hydrogen (secondary N) is 1. The molecule has 1 atom stereocenters. The van der Waals surface area contributed by atoms with Crippen LogP contribution >= 0.6 is 11.3 Å². The number of nitrogens with zero attached hydrogens (tertiary/aromatic N) is 4. The quantitative estimate of drug-likeness (QED) is 0.604. The molecule has 2 fully saturated rings. The molecule has 1 aromatic carbocycles. The number of anilines is 1. The van der Waals surface area contributed by atoms with Gasteiger partial charge in [0.05, 0.1) is 4.88 Å². The summed E-state index contributed by atoms with van der Waals surface area (Å²) in [4.78, 5) is 31.3. The maximum atomic E-state index is 13.5. The molecule has 2 saturated heterocycles. The predicted molar refractivity (Wildman–Crippen MR) is 129 cm³/mol. The third kappa shape index (κ3) is 4.94. The summed E-state index contributed by atoms with van der Waals surface area (Å²) in [5.74, 6) is 0.586. The standard InChI is InChI=1S/C25H26FN5O2S/c26-19-4-1-3-18(15-19)25(33)30-12-8-17(9-13-30)21-6-7-22(34-21)24(32)28-20-10-14-31(16-20)23-5-2-11-27-29-23/h1-7,11,15,17,20H,8-10,12-14,16H2,(H,28,32). The molecule has 34 heavy (non-hydrogen) atoms. The molecular weight excluding hydrogens is 453 g/mol. The number of thiophene rings is 1. The van der Waals surface area contributed by atoms with Crippen LogP contribution in [-0.4, -0.2) is 59.1 Å². The first kappa shape index (κ1) is 22.5. The highest BCUT2D eigenvalue weighted by Gasteiger charge is 2.28. The van der Waals surface area contributed by atoms with Crippen LogP contribution in [0.15, 0.2) is 54.7 Å². The van der Waals surface area contributed by atoms with Crippen LogP contribution in [0.1, 0.15) is 50.1 Å². The molecule has 1 unspecified atom stereocenters. The fraction of sp³-hybridized carbons (Fsp3) is 0.360. The second-order valence-electron chi connectivity index (χ2n) is 8.77. The Morgan fingerprint density at radius 3 is 2.65 bits per heavy atom.